The van der Waals surface area contributed by atoms with Crippen LogP contribution in [0.25, 0.3) is 0 Å². The van der Waals surface area contributed by atoms with Crippen LogP contribution in [-0.2, 0) is 11.2 Å². The van der Waals surface area contributed by atoms with E-state index in [0.717, 1.165) is 0 Å². The van der Waals surface area contributed by atoms with Gasteiger partial charge in [-0.15, -0.1) is 0 Å². The number of hydrogen-bond donors (Lipinski definition) is 4. The molecule has 9 nitrogen and oxygen atoms in total. The predicted octanol–water partition coefficient (Wildman–Crippen LogP) is -1.33. The molecule has 0 radical (unpaired) electrons. The third-order valence-corrected chi connectivity index (χ3v) is 1.98. The Morgan fingerprint density at radius 1 is 1.50 bits per heavy atom. The van der Waals surface area contributed by atoms with E-state index < -0.39 is 24.6 Å². The Kier molecular flexibility index (Phi) is 5.06. The van der Waals surface area contributed by atoms with Crippen LogP contribution < -0.4 is 10.6 Å². The molecular formula is C9H14N4O5. The molecule has 1 atom stereocenters. The van der Waals surface area contributed by atoms with Crippen LogP contribution >= 0.6 is 0 Å². The highest BCUT2D eigenvalue weighted by atomic mass is 16.5. The summed E-state index contributed by atoms with van der Waals surface area (Å²) in [5.41, 5.74) is 0. The van der Waals surface area contributed by atoms with Crippen molar-refractivity contribution in [3.05, 3.63) is 11.7 Å². The molecule has 0 aliphatic carbocycles. The Morgan fingerprint density at radius 2 is 2.22 bits per heavy atom. The average Bonchev–Trinajstić information content (AvgIpc) is 2.71. The van der Waals surface area contributed by atoms with Crippen LogP contribution in [0.5, 0.6) is 0 Å². The number of aliphatic hydroxyl groups excluding tert-OH is 1. The number of nitrogens with one attached hydrogen (secondary N) is 2. The number of aliphatic hydroxyl groups is 1. The zero-order valence-electron chi connectivity index (χ0n) is 9.71. The summed E-state index contributed by atoms with van der Waals surface area (Å²) in [6, 6.07) is -2.01. The van der Waals surface area contributed by atoms with Crippen molar-refractivity contribution >= 4 is 12.0 Å². The smallest absolute Gasteiger partial charge is 0.328 e. The Morgan fingerprint density at radius 3 is 2.72 bits per heavy atom. The maximum Gasteiger partial charge on any atom is 0.328 e. The molecule has 0 aromatic carbocycles. The van der Waals surface area contributed by atoms with Crippen LogP contribution in [0.4, 0.5) is 4.79 Å². The Hall–Kier alpha value is -2.16. The molecule has 1 aromatic rings. The fourth-order valence-corrected chi connectivity index (χ4v) is 1.12. The number of carboxylic acids is 1. The topological polar surface area (TPSA) is 138 Å². The number of urea groups is 1. The van der Waals surface area contributed by atoms with Crippen LogP contribution in [0.1, 0.15) is 11.7 Å². The molecule has 0 saturated heterocycles. The lowest BCUT2D eigenvalue weighted by Crippen LogP contribution is -2.48. The molecule has 0 saturated carbocycles. The second-order valence-electron chi connectivity index (χ2n) is 3.46. The summed E-state index contributed by atoms with van der Waals surface area (Å²) in [6.45, 7) is 1.21. The summed E-state index contributed by atoms with van der Waals surface area (Å²) in [5, 5.41) is 25.4. The van der Waals surface area contributed by atoms with Gasteiger partial charge >= 0.3 is 12.0 Å². The van der Waals surface area contributed by atoms with Gasteiger partial charge in [0, 0.05) is 13.0 Å². The van der Waals surface area contributed by atoms with E-state index in [1.807, 2.05) is 0 Å². The molecule has 9 heteroatoms. The van der Waals surface area contributed by atoms with Gasteiger partial charge in [0.05, 0.1) is 6.61 Å². The standard InChI is InChI=1S/C9H14N4O5/c1-5-11-7(18-13-5)2-3-10-9(17)12-6(4-14)8(15)16/h6,14H,2-4H2,1H3,(H,15,16)(H2,10,12,17)/t6-/m1/s1. The number of aliphatic carboxylic acids is 1. The zero-order valence-corrected chi connectivity index (χ0v) is 9.71. The number of nitrogens with zero attached hydrogens (tertiary/aromatic N) is 2. The first-order chi connectivity index (χ1) is 8.52. The van der Waals surface area contributed by atoms with Gasteiger partial charge in [0.1, 0.15) is 0 Å². The first-order valence-corrected chi connectivity index (χ1v) is 5.20. The van der Waals surface area contributed by atoms with Gasteiger partial charge in [0.2, 0.25) is 5.89 Å². The van der Waals surface area contributed by atoms with Crippen molar-refractivity contribution in [1.29, 1.82) is 0 Å². The number of carbonyl (C=O) groups excluding carboxylic acids is 1. The van der Waals surface area contributed by atoms with Crippen LogP contribution in [0.2, 0.25) is 0 Å². The Labute approximate surface area is 102 Å². The molecule has 0 spiro atoms. The molecule has 0 unspecified atom stereocenters. The molecule has 18 heavy (non-hydrogen) atoms. The summed E-state index contributed by atoms with van der Waals surface area (Å²) in [5.74, 6) is -0.425. The van der Waals surface area contributed by atoms with Crippen molar-refractivity contribution in [1.82, 2.24) is 20.8 Å². The minimum atomic E-state index is -1.32. The number of aryl methyl sites for hydroxylation is 1. The van der Waals surface area contributed by atoms with Crippen molar-refractivity contribution in [2.75, 3.05) is 13.2 Å². The quantitative estimate of drug-likeness (QED) is 0.495. The van der Waals surface area contributed by atoms with Gasteiger partial charge in [-0.2, -0.15) is 4.98 Å². The van der Waals surface area contributed by atoms with Crippen molar-refractivity contribution in [2.24, 2.45) is 0 Å². The fraction of sp³-hybridized carbons (Fsp3) is 0.556. The number of aromatic nitrogens is 2. The highest BCUT2D eigenvalue weighted by Gasteiger charge is 2.18. The molecule has 0 aliphatic heterocycles. The molecule has 0 aliphatic rings. The van der Waals surface area contributed by atoms with Crippen molar-refractivity contribution in [3.63, 3.8) is 0 Å². The average molecular weight is 258 g/mol. The summed E-state index contributed by atoms with van der Waals surface area (Å²) < 4.78 is 4.82. The van der Waals surface area contributed by atoms with Crippen LogP contribution in [0, 0.1) is 6.92 Å². The van der Waals surface area contributed by atoms with E-state index in [0.29, 0.717) is 18.1 Å². The highest BCUT2D eigenvalue weighted by molar-refractivity contribution is 5.82. The number of carbonyl (C=O) groups is 2. The lowest BCUT2D eigenvalue weighted by molar-refractivity contribution is -0.140. The van der Waals surface area contributed by atoms with Gasteiger partial charge in [-0.3, -0.25) is 0 Å². The largest absolute Gasteiger partial charge is 0.480 e. The van der Waals surface area contributed by atoms with E-state index in [9.17, 15) is 9.59 Å². The SMILES string of the molecule is Cc1noc(CCNC(=O)N[C@H](CO)C(=O)O)n1. The number of hydrogen-bond acceptors (Lipinski definition) is 6. The minimum Gasteiger partial charge on any atom is -0.480 e. The van der Waals surface area contributed by atoms with Gasteiger partial charge < -0.3 is 25.4 Å². The van der Waals surface area contributed by atoms with Crippen LogP contribution in [0.3, 0.4) is 0 Å². The lowest BCUT2D eigenvalue weighted by Gasteiger charge is -2.11. The van der Waals surface area contributed by atoms with E-state index in [2.05, 4.69) is 20.8 Å². The van der Waals surface area contributed by atoms with E-state index in [1.165, 1.54) is 0 Å². The van der Waals surface area contributed by atoms with Crippen LogP contribution in [0.15, 0.2) is 4.52 Å². The molecule has 1 heterocycles. The fourth-order valence-electron chi connectivity index (χ4n) is 1.12. The molecule has 1 rings (SSSR count). The summed E-state index contributed by atoms with van der Waals surface area (Å²) >= 11 is 0. The first kappa shape index (κ1) is 13.9. The van der Waals surface area contributed by atoms with Gasteiger partial charge in [0.25, 0.3) is 0 Å². The normalized spacial score (nSPS) is 11.9. The minimum absolute atomic E-state index is 0.214. The van der Waals surface area contributed by atoms with E-state index in [-0.39, 0.29) is 6.54 Å². The second kappa shape index (κ2) is 6.55. The summed E-state index contributed by atoms with van der Waals surface area (Å²) in [7, 11) is 0. The number of rotatable bonds is 6. The van der Waals surface area contributed by atoms with Gasteiger partial charge in [-0.1, -0.05) is 5.16 Å². The molecule has 2 amide bonds. The summed E-state index contributed by atoms with van der Waals surface area (Å²) in [6.07, 6.45) is 0.338. The predicted molar refractivity (Wildman–Crippen MR) is 57.8 cm³/mol. The lowest BCUT2D eigenvalue weighted by atomic mass is 10.3. The molecule has 0 bridgehead atoms. The van der Waals surface area contributed by atoms with E-state index in [1.54, 1.807) is 6.92 Å². The van der Waals surface area contributed by atoms with Crippen LogP contribution in [-0.4, -0.2) is 51.5 Å². The van der Waals surface area contributed by atoms with Crippen molar-refractivity contribution < 1.29 is 24.3 Å². The van der Waals surface area contributed by atoms with Gasteiger partial charge in [-0.05, 0) is 6.92 Å². The summed E-state index contributed by atoms with van der Waals surface area (Å²) in [4.78, 5) is 25.7. The third kappa shape index (κ3) is 4.37. The molecule has 1 aromatic heterocycles. The number of carboxylic acid groups (broad SMARTS) is 1. The third-order valence-electron chi connectivity index (χ3n) is 1.98. The molecule has 0 fully saturated rings. The molecule has 100 valence electrons. The number of amides is 2. The maximum absolute atomic E-state index is 11.2. The first-order valence-electron chi connectivity index (χ1n) is 5.20. The van der Waals surface area contributed by atoms with E-state index in [4.69, 9.17) is 14.7 Å². The van der Waals surface area contributed by atoms with Gasteiger partial charge in [0.15, 0.2) is 11.9 Å². The van der Waals surface area contributed by atoms with E-state index >= 15 is 0 Å². The monoisotopic (exact) mass is 258 g/mol. The van der Waals surface area contributed by atoms with Gasteiger partial charge in [-0.25, -0.2) is 9.59 Å². The second-order valence-corrected chi connectivity index (χ2v) is 3.46. The van der Waals surface area contributed by atoms with Crippen molar-refractivity contribution in [3.8, 4) is 0 Å². The maximum atomic E-state index is 11.2. The molecular weight excluding hydrogens is 244 g/mol. The highest BCUT2D eigenvalue weighted by Crippen LogP contribution is 1.95. The van der Waals surface area contributed by atoms with Crippen molar-refractivity contribution in [2.45, 2.75) is 19.4 Å². The zero-order chi connectivity index (χ0) is 13.5. The molecule has 4 N–H and O–H groups in total. The Balaban J connectivity index is 2.26. The Bertz CT molecular complexity index is 419.